The third-order valence-electron chi connectivity index (χ3n) is 4.71. The number of ether oxygens (including phenoxy) is 2. The Morgan fingerprint density at radius 3 is 2.76 bits per heavy atom. The quantitative estimate of drug-likeness (QED) is 0.632. The van der Waals surface area contributed by atoms with E-state index in [2.05, 4.69) is 17.1 Å². The Morgan fingerprint density at radius 1 is 1.20 bits per heavy atom. The number of hydrogen-bond donors (Lipinski definition) is 0. The van der Waals surface area contributed by atoms with Crippen molar-refractivity contribution in [3.8, 4) is 0 Å². The molecule has 0 aliphatic heterocycles. The summed E-state index contributed by atoms with van der Waals surface area (Å²) in [5.74, 6) is 0.0551. The van der Waals surface area contributed by atoms with Crippen LogP contribution in [0.2, 0.25) is 0 Å². The Balaban J connectivity index is 1.49. The van der Waals surface area contributed by atoms with E-state index in [1.165, 1.54) is 24.0 Å². The number of pyridine rings is 1. The lowest BCUT2D eigenvalue weighted by Crippen LogP contribution is -2.30. The highest BCUT2D eigenvalue weighted by Crippen LogP contribution is 2.46. The van der Waals surface area contributed by atoms with Crippen LogP contribution in [0.1, 0.15) is 39.6 Å². The predicted molar refractivity (Wildman–Crippen MR) is 98.0 cm³/mol. The number of hydrogen-bond acceptors (Lipinski definition) is 5. The predicted octanol–water partition coefficient (Wildman–Crippen LogP) is 4.55. The molecular formula is C20H19NO3S. The van der Waals surface area contributed by atoms with Gasteiger partial charge in [0.25, 0.3) is 0 Å². The minimum absolute atomic E-state index is 0.238. The van der Waals surface area contributed by atoms with E-state index in [-0.39, 0.29) is 12.1 Å². The minimum atomic E-state index is -0.272. The topological polar surface area (TPSA) is 48.4 Å². The van der Waals surface area contributed by atoms with Gasteiger partial charge in [-0.3, -0.25) is 0 Å². The first-order chi connectivity index (χ1) is 12.3. The highest BCUT2D eigenvalue weighted by molar-refractivity contribution is 7.20. The number of carbonyl (C=O) groups is 1. The molecular weight excluding hydrogens is 334 g/mol. The second-order valence-electron chi connectivity index (χ2n) is 6.28. The molecule has 1 aliphatic carbocycles. The van der Waals surface area contributed by atoms with Gasteiger partial charge in [0.05, 0.1) is 19.8 Å². The van der Waals surface area contributed by atoms with Crippen LogP contribution in [0.3, 0.4) is 0 Å². The van der Waals surface area contributed by atoms with Gasteiger partial charge >= 0.3 is 5.97 Å². The molecule has 128 valence electrons. The molecule has 4 rings (SSSR count). The average Bonchev–Trinajstić information content (AvgIpc) is 3.00. The molecule has 0 saturated heterocycles. The highest BCUT2D eigenvalue weighted by atomic mass is 32.1. The summed E-state index contributed by atoms with van der Waals surface area (Å²) in [4.78, 5) is 18.1. The molecule has 1 aromatic carbocycles. The van der Waals surface area contributed by atoms with Crippen LogP contribution in [0.5, 0.6) is 0 Å². The average molecular weight is 353 g/mol. The number of rotatable bonds is 5. The van der Waals surface area contributed by atoms with Crippen molar-refractivity contribution < 1.29 is 14.3 Å². The van der Waals surface area contributed by atoms with E-state index in [0.29, 0.717) is 17.4 Å². The molecule has 2 heterocycles. The summed E-state index contributed by atoms with van der Waals surface area (Å²) >= 11 is 1.42. The fourth-order valence-corrected chi connectivity index (χ4v) is 4.47. The van der Waals surface area contributed by atoms with Crippen molar-refractivity contribution >= 4 is 27.5 Å². The zero-order chi connectivity index (χ0) is 17.2. The molecule has 3 aromatic rings. The van der Waals surface area contributed by atoms with E-state index < -0.39 is 0 Å². The van der Waals surface area contributed by atoms with E-state index in [4.69, 9.17) is 9.47 Å². The summed E-state index contributed by atoms with van der Waals surface area (Å²) in [6.07, 6.45) is 3.85. The summed E-state index contributed by atoms with van der Waals surface area (Å²) in [6, 6.07) is 14.2. The van der Waals surface area contributed by atoms with Gasteiger partial charge in [-0.1, -0.05) is 36.4 Å². The number of esters is 1. The van der Waals surface area contributed by atoms with Crippen LogP contribution in [-0.2, 0) is 16.1 Å². The van der Waals surface area contributed by atoms with Crippen molar-refractivity contribution in [3.63, 3.8) is 0 Å². The van der Waals surface area contributed by atoms with E-state index in [1.54, 1.807) is 6.20 Å². The van der Waals surface area contributed by atoms with Crippen molar-refractivity contribution in [3.05, 3.63) is 64.7 Å². The Labute approximate surface area is 150 Å². The molecule has 0 bridgehead atoms. The maximum Gasteiger partial charge on any atom is 0.348 e. The summed E-state index contributed by atoms with van der Waals surface area (Å²) in [7, 11) is 1.43. The summed E-state index contributed by atoms with van der Waals surface area (Å²) < 4.78 is 11.0. The molecule has 0 spiro atoms. The van der Waals surface area contributed by atoms with E-state index >= 15 is 0 Å². The molecule has 1 fully saturated rings. The van der Waals surface area contributed by atoms with Gasteiger partial charge in [0, 0.05) is 11.6 Å². The van der Waals surface area contributed by atoms with Gasteiger partial charge in [-0.15, -0.1) is 11.3 Å². The zero-order valence-corrected chi connectivity index (χ0v) is 14.8. The number of thiophene rings is 1. The molecule has 5 heteroatoms. The van der Waals surface area contributed by atoms with E-state index in [0.717, 1.165) is 28.6 Å². The summed E-state index contributed by atoms with van der Waals surface area (Å²) in [6.45, 7) is 0.633. The van der Waals surface area contributed by atoms with Crippen LogP contribution in [0, 0.1) is 0 Å². The lowest BCUT2D eigenvalue weighted by Gasteiger charge is -2.35. The number of carbonyl (C=O) groups excluding carboxylic acids is 1. The first-order valence-corrected chi connectivity index (χ1v) is 9.19. The standard InChI is InChI=1S/C20H19NO3S/c1-23-20(22)18-17(16-8-5-9-21-19(16)25-18)14-10-15(11-14)24-12-13-6-3-2-4-7-13/h2-9,14-15H,10-12H2,1H3. The van der Waals surface area contributed by atoms with Crippen molar-refractivity contribution in [1.29, 1.82) is 0 Å². The largest absolute Gasteiger partial charge is 0.465 e. The molecule has 4 nitrogen and oxygen atoms in total. The van der Waals surface area contributed by atoms with Crippen molar-refractivity contribution in [2.75, 3.05) is 7.11 Å². The number of aromatic nitrogens is 1. The third-order valence-corrected chi connectivity index (χ3v) is 5.82. The minimum Gasteiger partial charge on any atom is -0.465 e. The number of methoxy groups -OCH3 is 1. The number of nitrogens with zero attached hydrogens (tertiary/aromatic N) is 1. The van der Waals surface area contributed by atoms with Crippen molar-refractivity contribution in [2.24, 2.45) is 0 Å². The van der Waals surface area contributed by atoms with Gasteiger partial charge in [-0.2, -0.15) is 0 Å². The van der Waals surface area contributed by atoms with Crippen LogP contribution >= 0.6 is 11.3 Å². The van der Waals surface area contributed by atoms with Gasteiger partial charge < -0.3 is 9.47 Å². The van der Waals surface area contributed by atoms with Gasteiger partial charge in [-0.05, 0) is 36.0 Å². The fourth-order valence-electron chi connectivity index (χ4n) is 3.33. The molecule has 0 unspecified atom stereocenters. The van der Waals surface area contributed by atoms with Gasteiger partial charge in [0.2, 0.25) is 0 Å². The second-order valence-corrected chi connectivity index (χ2v) is 7.28. The maximum absolute atomic E-state index is 12.2. The highest BCUT2D eigenvalue weighted by Gasteiger charge is 2.36. The first-order valence-electron chi connectivity index (χ1n) is 8.37. The van der Waals surface area contributed by atoms with Crippen LogP contribution < -0.4 is 0 Å². The lowest BCUT2D eigenvalue weighted by molar-refractivity contribution is -0.0206. The fraction of sp³-hybridized carbons (Fsp3) is 0.300. The second kappa shape index (κ2) is 6.94. The van der Waals surface area contributed by atoms with E-state index in [9.17, 15) is 4.79 Å². The molecule has 0 atom stereocenters. The SMILES string of the molecule is COC(=O)c1sc2ncccc2c1C1CC(OCc2ccccc2)C1. The number of benzene rings is 1. The van der Waals surface area contributed by atoms with Crippen LogP contribution in [0.4, 0.5) is 0 Å². The van der Waals surface area contributed by atoms with E-state index in [1.807, 2.05) is 30.3 Å². The zero-order valence-electron chi connectivity index (χ0n) is 14.0. The van der Waals surface area contributed by atoms with Crippen LogP contribution in [-0.4, -0.2) is 24.2 Å². The smallest absolute Gasteiger partial charge is 0.348 e. The van der Waals surface area contributed by atoms with Gasteiger partial charge in [-0.25, -0.2) is 9.78 Å². The molecule has 1 aliphatic rings. The van der Waals surface area contributed by atoms with Crippen molar-refractivity contribution in [1.82, 2.24) is 4.98 Å². The molecule has 2 aromatic heterocycles. The molecule has 25 heavy (non-hydrogen) atoms. The summed E-state index contributed by atoms with van der Waals surface area (Å²) in [5.41, 5.74) is 2.27. The van der Waals surface area contributed by atoms with Crippen molar-refractivity contribution in [2.45, 2.75) is 31.5 Å². The normalized spacial score (nSPS) is 19.6. The Kier molecular flexibility index (Phi) is 4.51. The Bertz CT molecular complexity index is 884. The van der Waals surface area contributed by atoms with Gasteiger partial charge in [0.1, 0.15) is 9.71 Å². The number of fused-ring (bicyclic) bond motifs is 1. The summed E-state index contributed by atoms with van der Waals surface area (Å²) in [5, 5.41) is 1.07. The third kappa shape index (κ3) is 3.17. The molecule has 0 N–H and O–H groups in total. The molecule has 1 saturated carbocycles. The van der Waals surface area contributed by atoms with Crippen LogP contribution in [0.25, 0.3) is 10.2 Å². The molecule has 0 amide bonds. The Hall–Kier alpha value is -2.24. The first kappa shape index (κ1) is 16.2. The van der Waals surface area contributed by atoms with Crippen LogP contribution in [0.15, 0.2) is 48.7 Å². The van der Waals surface area contributed by atoms with Gasteiger partial charge in [0.15, 0.2) is 0 Å². The monoisotopic (exact) mass is 353 g/mol. The molecule has 0 radical (unpaired) electrons. The Morgan fingerprint density at radius 2 is 2.00 bits per heavy atom. The lowest BCUT2D eigenvalue weighted by atomic mass is 9.76. The maximum atomic E-state index is 12.2.